The Morgan fingerprint density at radius 3 is 2.28 bits per heavy atom. The molecule has 0 radical (unpaired) electrons. The molecule has 0 atom stereocenters. The maximum atomic E-state index is 13.9. The van der Waals surface area contributed by atoms with E-state index < -0.39 is 44.3 Å². The van der Waals surface area contributed by atoms with Gasteiger partial charge in [0.25, 0.3) is 10.0 Å². The number of benzene rings is 2. The molecule has 4 rings (SSSR count). The first-order valence-electron chi connectivity index (χ1n) is 8.54. The van der Waals surface area contributed by atoms with E-state index in [0.29, 0.717) is 16.1 Å². The highest BCUT2D eigenvalue weighted by molar-refractivity contribution is 7.90. The molecule has 0 unspecified atom stereocenters. The van der Waals surface area contributed by atoms with Gasteiger partial charge in [0.15, 0.2) is 11.6 Å². The molecule has 6 nitrogen and oxygen atoms in total. The standard InChI is InChI=1S/C19H9ClF5N3O3S/c20-11-1-2-14-9(3-11)4-15(10-7-26-18(27-8-10)19(23,24)25)28(14)32(30,31)16-6-12(21)5-13(22)17(16)29/h1-8,29H. The number of halogens is 6. The molecule has 0 aliphatic carbocycles. The number of aromatic nitrogens is 3. The van der Waals surface area contributed by atoms with Crippen LogP contribution in [0.2, 0.25) is 5.02 Å². The highest BCUT2D eigenvalue weighted by Crippen LogP contribution is 2.37. The molecule has 0 saturated heterocycles. The minimum atomic E-state index is -4.86. The number of nitrogens with zero attached hydrogens (tertiary/aromatic N) is 3. The highest BCUT2D eigenvalue weighted by Gasteiger charge is 2.35. The van der Waals surface area contributed by atoms with Crippen LogP contribution in [-0.4, -0.2) is 27.5 Å². The summed E-state index contributed by atoms with van der Waals surface area (Å²) in [5.41, 5.74) is -0.390. The number of phenols is 1. The predicted octanol–water partition coefficient (Wildman–Crippen LogP) is 4.99. The van der Waals surface area contributed by atoms with Gasteiger partial charge >= 0.3 is 6.18 Å². The molecule has 1 N–H and O–H groups in total. The summed E-state index contributed by atoms with van der Waals surface area (Å²) in [6, 6.07) is 6.00. The zero-order chi connectivity index (χ0) is 23.4. The van der Waals surface area contributed by atoms with Crippen molar-refractivity contribution in [1.82, 2.24) is 13.9 Å². The number of rotatable bonds is 3. The second-order valence-corrected chi connectivity index (χ2v) is 8.72. The van der Waals surface area contributed by atoms with Crippen molar-refractivity contribution in [2.75, 3.05) is 0 Å². The summed E-state index contributed by atoms with van der Waals surface area (Å²) < 4.78 is 93.3. The lowest BCUT2D eigenvalue weighted by Gasteiger charge is -2.14. The Kier molecular flexibility index (Phi) is 5.09. The molecule has 0 bridgehead atoms. The third kappa shape index (κ3) is 3.65. The summed E-state index contributed by atoms with van der Waals surface area (Å²) in [5.74, 6) is -5.54. The van der Waals surface area contributed by atoms with Crippen molar-refractivity contribution in [2.45, 2.75) is 11.1 Å². The van der Waals surface area contributed by atoms with E-state index in [1.165, 1.54) is 24.3 Å². The van der Waals surface area contributed by atoms with Crippen molar-refractivity contribution in [1.29, 1.82) is 0 Å². The predicted molar refractivity (Wildman–Crippen MR) is 104 cm³/mol. The van der Waals surface area contributed by atoms with Crippen molar-refractivity contribution in [3.8, 4) is 17.0 Å². The molecule has 2 aromatic heterocycles. The first-order chi connectivity index (χ1) is 14.9. The molecule has 0 amide bonds. The number of alkyl halides is 3. The van der Waals surface area contributed by atoms with Gasteiger partial charge in [-0.05, 0) is 30.3 Å². The molecule has 0 saturated carbocycles. The average molecular weight is 490 g/mol. The van der Waals surface area contributed by atoms with Crippen LogP contribution in [0.5, 0.6) is 5.75 Å². The van der Waals surface area contributed by atoms with Gasteiger partial charge < -0.3 is 5.11 Å². The minimum absolute atomic E-state index is 0.0200. The molecule has 13 heteroatoms. The van der Waals surface area contributed by atoms with E-state index in [0.717, 1.165) is 12.4 Å². The first-order valence-corrected chi connectivity index (χ1v) is 10.4. The summed E-state index contributed by atoms with van der Waals surface area (Å²) in [6.07, 6.45) is -3.32. The normalized spacial score (nSPS) is 12.4. The lowest BCUT2D eigenvalue weighted by Crippen LogP contribution is -2.16. The number of aromatic hydroxyl groups is 1. The molecule has 32 heavy (non-hydrogen) atoms. The summed E-state index contributed by atoms with van der Waals surface area (Å²) in [5, 5.41) is 10.4. The highest BCUT2D eigenvalue weighted by atomic mass is 35.5. The van der Waals surface area contributed by atoms with Crippen LogP contribution in [0.3, 0.4) is 0 Å². The third-order valence-electron chi connectivity index (χ3n) is 4.43. The van der Waals surface area contributed by atoms with Gasteiger partial charge in [0.05, 0.1) is 11.2 Å². The maximum absolute atomic E-state index is 13.9. The van der Waals surface area contributed by atoms with Crippen LogP contribution in [0.1, 0.15) is 5.82 Å². The summed E-state index contributed by atoms with van der Waals surface area (Å²) in [4.78, 5) is 5.35. The quantitative estimate of drug-likeness (QED) is 0.410. The molecule has 0 aliphatic rings. The van der Waals surface area contributed by atoms with Gasteiger partial charge in [-0.1, -0.05) is 11.6 Å². The molecule has 2 aromatic carbocycles. The zero-order valence-corrected chi connectivity index (χ0v) is 17.0. The van der Waals surface area contributed by atoms with Crippen LogP contribution < -0.4 is 0 Å². The first kappa shape index (κ1) is 22.0. The molecule has 0 spiro atoms. The topological polar surface area (TPSA) is 85.1 Å². The van der Waals surface area contributed by atoms with Crippen LogP contribution in [-0.2, 0) is 16.2 Å². The van der Waals surface area contributed by atoms with Gasteiger partial charge in [-0.15, -0.1) is 0 Å². The lowest BCUT2D eigenvalue weighted by atomic mass is 10.2. The Labute approximate surface area is 181 Å². The van der Waals surface area contributed by atoms with Gasteiger partial charge in [-0.3, -0.25) is 0 Å². The third-order valence-corrected chi connectivity index (χ3v) is 6.41. The van der Waals surface area contributed by atoms with E-state index in [4.69, 9.17) is 11.6 Å². The fraction of sp³-hybridized carbons (Fsp3) is 0.0526. The Bertz CT molecular complexity index is 1470. The van der Waals surface area contributed by atoms with Gasteiger partial charge in [0.1, 0.15) is 10.7 Å². The van der Waals surface area contributed by atoms with Gasteiger partial charge in [0.2, 0.25) is 5.82 Å². The summed E-state index contributed by atoms with van der Waals surface area (Å²) in [6.45, 7) is 0. The largest absolute Gasteiger partial charge is 0.504 e. The van der Waals surface area contributed by atoms with Crippen molar-refractivity contribution in [2.24, 2.45) is 0 Å². The van der Waals surface area contributed by atoms with Gasteiger partial charge in [-0.2, -0.15) is 13.2 Å². The van der Waals surface area contributed by atoms with Crippen LogP contribution in [0.15, 0.2) is 53.7 Å². The zero-order valence-electron chi connectivity index (χ0n) is 15.4. The molecular formula is C19H9ClF5N3O3S. The second kappa shape index (κ2) is 7.41. The Hall–Kier alpha value is -3.25. The van der Waals surface area contributed by atoms with Crippen LogP contribution in [0, 0.1) is 11.6 Å². The summed E-state index contributed by atoms with van der Waals surface area (Å²) in [7, 11) is -4.86. The molecule has 166 valence electrons. The SMILES string of the molecule is O=S(=O)(c1cc(F)cc(F)c1O)n1c(-c2cnc(C(F)(F)F)nc2)cc2cc(Cl)ccc21. The Balaban J connectivity index is 2.03. The monoisotopic (exact) mass is 489 g/mol. The number of hydrogen-bond acceptors (Lipinski definition) is 5. The van der Waals surface area contributed by atoms with E-state index >= 15 is 0 Å². The van der Waals surface area contributed by atoms with E-state index in [2.05, 4.69) is 9.97 Å². The van der Waals surface area contributed by atoms with E-state index in [-0.39, 0.29) is 27.2 Å². The van der Waals surface area contributed by atoms with Gasteiger partial charge in [0, 0.05) is 34.4 Å². The van der Waals surface area contributed by atoms with Crippen LogP contribution >= 0.6 is 11.6 Å². The van der Waals surface area contributed by atoms with Crippen molar-refractivity contribution >= 4 is 32.5 Å². The Morgan fingerprint density at radius 2 is 1.66 bits per heavy atom. The minimum Gasteiger partial charge on any atom is -0.504 e. The van der Waals surface area contributed by atoms with Crippen molar-refractivity contribution in [3.63, 3.8) is 0 Å². The molecule has 0 aliphatic heterocycles. The molecular weight excluding hydrogens is 481 g/mol. The van der Waals surface area contributed by atoms with E-state index in [1.807, 2.05) is 0 Å². The second-order valence-electron chi connectivity index (χ2n) is 6.53. The van der Waals surface area contributed by atoms with Gasteiger partial charge in [-0.25, -0.2) is 31.1 Å². The van der Waals surface area contributed by atoms with E-state index in [1.54, 1.807) is 0 Å². The van der Waals surface area contributed by atoms with E-state index in [9.17, 15) is 35.5 Å². The maximum Gasteiger partial charge on any atom is 0.451 e. The van der Waals surface area contributed by atoms with Crippen molar-refractivity contribution in [3.05, 3.63) is 71.3 Å². The smallest absolute Gasteiger partial charge is 0.451 e. The lowest BCUT2D eigenvalue weighted by molar-refractivity contribution is -0.144. The van der Waals surface area contributed by atoms with Crippen LogP contribution in [0.4, 0.5) is 22.0 Å². The van der Waals surface area contributed by atoms with Crippen LogP contribution in [0.25, 0.3) is 22.2 Å². The molecule has 4 aromatic rings. The number of phenolic OH excluding ortho intramolecular Hbond substituents is 1. The fourth-order valence-electron chi connectivity index (χ4n) is 3.07. The number of fused-ring (bicyclic) bond motifs is 1. The molecule has 0 fully saturated rings. The fourth-order valence-corrected chi connectivity index (χ4v) is 4.89. The molecule has 2 heterocycles. The number of hydrogen-bond donors (Lipinski definition) is 1. The summed E-state index contributed by atoms with van der Waals surface area (Å²) >= 11 is 5.95. The average Bonchev–Trinajstić information content (AvgIpc) is 3.09. The van der Waals surface area contributed by atoms with Crippen molar-refractivity contribution < 1.29 is 35.5 Å². The Morgan fingerprint density at radius 1 is 1.00 bits per heavy atom.